The third-order valence-electron chi connectivity index (χ3n) is 3.57. The summed E-state index contributed by atoms with van der Waals surface area (Å²) in [5, 5.41) is 0. The fourth-order valence-corrected chi connectivity index (χ4v) is 2.17. The van der Waals surface area contributed by atoms with E-state index in [-0.39, 0.29) is 5.41 Å². The highest BCUT2D eigenvalue weighted by atomic mass is 16.5. The first-order chi connectivity index (χ1) is 8.50. The Labute approximate surface area is 112 Å². The zero-order chi connectivity index (χ0) is 13.4. The molecule has 1 rings (SSSR count). The highest BCUT2D eigenvalue weighted by Gasteiger charge is 2.19. The highest BCUT2D eigenvalue weighted by molar-refractivity contribution is 5.83. The van der Waals surface area contributed by atoms with Crippen LogP contribution in [0.3, 0.4) is 0 Å². The lowest BCUT2D eigenvalue weighted by Gasteiger charge is -2.26. The van der Waals surface area contributed by atoms with Crippen LogP contribution in [0.2, 0.25) is 0 Å². The smallest absolute Gasteiger partial charge is 0.138 e. The van der Waals surface area contributed by atoms with Crippen molar-refractivity contribution in [2.75, 3.05) is 32.8 Å². The van der Waals surface area contributed by atoms with Gasteiger partial charge >= 0.3 is 0 Å². The summed E-state index contributed by atoms with van der Waals surface area (Å²) in [7, 11) is 0. The Morgan fingerprint density at radius 3 is 2.28 bits per heavy atom. The zero-order valence-corrected chi connectivity index (χ0v) is 12.3. The van der Waals surface area contributed by atoms with Crippen LogP contribution in [0, 0.1) is 5.41 Å². The molecular weight excluding hydrogens is 226 g/mol. The molecule has 1 aliphatic heterocycles. The molecule has 0 aromatic heterocycles. The number of hydrogen-bond acceptors (Lipinski definition) is 3. The lowest BCUT2D eigenvalue weighted by molar-refractivity contribution is -0.126. The number of carbonyl (C=O) groups is 1. The van der Waals surface area contributed by atoms with Crippen molar-refractivity contribution in [1.82, 2.24) is 4.90 Å². The molecule has 0 radical (unpaired) electrons. The molecule has 1 aliphatic rings. The topological polar surface area (TPSA) is 29.5 Å². The Morgan fingerprint density at radius 2 is 1.67 bits per heavy atom. The minimum atomic E-state index is -0.159. The molecule has 106 valence electrons. The maximum Gasteiger partial charge on any atom is 0.138 e. The summed E-state index contributed by atoms with van der Waals surface area (Å²) in [6, 6.07) is 0. The minimum absolute atomic E-state index is 0.159. The van der Waals surface area contributed by atoms with Crippen LogP contribution in [0.4, 0.5) is 0 Å². The van der Waals surface area contributed by atoms with Gasteiger partial charge < -0.3 is 4.74 Å². The summed E-state index contributed by atoms with van der Waals surface area (Å²) < 4.78 is 5.32. The predicted octanol–water partition coefficient (Wildman–Crippen LogP) is 2.88. The number of carbonyl (C=O) groups excluding carboxylic acids is 1. The van der Waals surface area contributed by atoms with E-state index < -0.39 is 0 Å². The van der Waals surface area contributed by atoms with Crippen molar-refractivity contribution >= 4 is 5.78 Å². The second-order valence-electron chi connectivity index (χ2n) is 6.29. The molecule has 0 aliphatic carbocycles. The van der Waals surface area contributed by atoms with Gasteiger partial charge in [-0.15, -0.1) is 0 Å². The summed E-state index contributed by atoms with van der Waals surface area (Å²) in [6.07, 6.45) is 5.49. The van der Waals surface area contributed by atoms with E-state index in [2.05, 4.69) is 4.90 Å². The first kappa shape index (κ1) is 15.6. The van der Waals surface area contributed by atoms with Crippen molar-refractivity contribution in [2.45, 2.75) is 52.9 Å². The number of ketones is 1. The van der Waals surface area contributed by atoms with Crippen LogP contribution in [-0.4, -0.2) is 43.5 Å². The van der Waals surface area contributed by atoms with Gasteiger partial charge in [-0.05, 0) is 19.4 Å². The third-order valence-corrected chi connectivity index (χ3v) is 3.57. The van der Waals surface area contributed by atoms with Crippen molar-refractivity contribution in [1.29, 1.82) is 0 Å². The van der Waals surface area contributed by atoms with E-state index >= 15 is 0 Å². The maximum atomic E-state index is 11.7. The van der Waals surface area contributed by atoms with Crippen LogP contribution in [0.15, 0.2) is 0 Å². The van der Waals surface area contributed by atoms with Gasteiger partial charge in [-0.2, -0.15) is 0 Å². The average molecular weight is 255 g/mol. The number of rotatable bonds is 7. The Balaban J connectivity index is 1.94. The number of Topliss-reactive ketones (excluding diaryl/α,β-unsaturated/α-hetero) is 1. The normalized spacial score (nSPS) is 17.9. The molecule has 0 unspecified atom stereocenters. The molecule has 18 heavy (non-hydrogen) atoms. The quantitative estimate of drug-likeness (QED) is 0.655. The molecule has 0 spiro atoms. The lowest BCUT2D eigenvalue weighted by Crippen LogP contribution is -2.36. The third kappa shape index (κ3) is 6.50. The Hall–Kier alpha value is -0.410. The maximum absolute atomic E-state index is 11.7. The van der Waals surface area contributed by atoms with Gasteiger partial charge in [-0.3, -0.25) is 9.69 Å². The number of ether oxygens (including phenoxy) is 1. The van der Waals surface area contributed by atoms with Crippen molar-refractivity contribution in [3.63, 3.8) is 0 Å². The van der Waals surface area contributed by atoms with E-state index in [0.29, 0.717) is 5.78 Å². The van der Waals surface area contributed by atoms with E-state index in [1.165, 1.54) is 25.8 Å². The Bertz CT molecular complexity index is 239. The number of nitrogens with zero attached hydrogens (tertiary/aromatic N) is 1. The summed E-state index contributed by atoms with van der Waals surface area (Å²) in [6.45, 7) is 11.2. The van der Waals surface area contributed by atoms with Gasteiger partial charge in [0.1, 0.15) is 5.78 Å². The molecule has 0 aromatic carbocycles. The number of morpholine rings is 1. The minimum Gasteiger partial charge on any atom is -0.379 e. The molecule has 3 nitrogen and oxygen atoms in total. The Morgan fingerprint density at radius 1 is 1.06 bits per heavy atom. The van der Waals surface area contributed by atoms with E-state index in [1.807, 2.05) is 20.8 Å². The van der Waals surface area contributed by atoms with Crippen molar-refractivity contribution in [3.8, 4) is 0 Å². The molecule has 1 fully saturated rings. The SMILES string of the molecule is CC(C)(C)C(=O)CCCCCCN1CCOCC1. The van der Waals surface area contributed by atoms with Gasteiger partial charge in [0.2, 0.25) is 0 Å². The first-order valence-corrected chi connectivity index (χ1v) is 7.33. The van der Waals surface area contributed by atoms with Crippen molar-refractivity contribution < 1.29 is 9.53 Å². The molecule has 0 saturated carbocycles. The molecule has 0 bridgehead atoms. The van der Waals surface area contributed by atoms with Gasteiger partial charge in [0.25, 0.3) is 0 Å². The van der Waals surface area contributed by atoms with Gasteiger partial charge in [-0.1, -0.05) is 33.6 Å². The number of hydrogen-bond donors (Lipinski definition) is 0. The molecule has 3 heteroatoms. The van der Waals surface area contributed by atoms with Crippen molar-refractivity contribution in [3.05, 3.63) is 0 Å². The van der Waals surface area contributed by atoms with Crippen molar-refractivity contribution in [2.24, 2.45) is 5.41 Å². The van der Waals surface area contributed by atoms with Crippen LogP contribution in [0.1, 0.15) is 52.9 Å². The van der Waals surface area contributed by atoms with Crippen LogP contribution < -0.4 is 0 Å². The van der Waals surface area contributed by atoms with Crippen LogP contribution >= 0.6 is 0 Å². The first-order valence-electron chi connectivity index (χ1n) is 7.33. The molecule has 1 heterocycles. The average Bonchev–Trinajstić information content (AvgIpc) is 2.33. The molecule has 1 saturated heterocycles. The monoisotopic (exact) mass is 255 g/mol. The van der Waals surface area contributed by atoms with Crippen LogP contribution in [0.5, 0.6) is 0 Å². The predicted molar refractivity (Wildman–Crippen MR) is 74.8 cm³/mol. The van der Waals surface area contributed by atoms with E-state index in [1.54, 1.807) is 0 Å². The molecular formula is C15H29NO2. The molecule has 0 N–H and O–H groups in total. The van der Waals surface area contributed by atoms with E-state index in [0.717, 1.165) is 39.1 Å². The second-order valence-corrected chi connectivity index (χ2v) is 6.29. The van der Waals surface area contributed by atoms with Crippen LogP contribution in [0.25, 0.3) is 0 Å². The molecule has 0 aromatic rings. The Kier molecular flexibility index (Phi) is 6.87. The summed E-state index contributed by atoms with van der Waals surface area (Å²) in [5.41, 5.74) is -0.159. The van der Waals surface area contributed by atoms with Gasteiger partial charge in [0, 0.05) is 24.9 Å². The number of unbranched alkanes of at least 4 members (excludes halogenated alkanes) is 3. The van der Waals surface area contributed by atoms with Crippen LogP contribution in [-0.2, 0) is 9.53 Å². The zero-order valence-electron chi connectivity index (χ0n) is 12.3. The van der Waals surface area contributed by atoms with Gasteiger partial charge in [0.05, 0.1) is 13.2 Å². The largest absolute Gasteiger partial charge is 0.379 e. The van der Waals surface area contributed by atoms with Gasteiger partial charge in [0.15, 0.2) is 0 Å². The van der Waals surface area contributed by atoms with E-state index in [4.69, 9.17) is 4.74 Å². The fourth-order valence-electron chi connectivity index (χ4n) is 2.17. The second kappa shape index (κ2) is 7.90. The fraction of sp³-hybridized carbons (Fsp3) is 0.933. The van der Waals surface area contributed by atoms with E-state index in [9.17, 15) is 4.79 Å². The highest BCUT2D eigenvalue weighted by Crippen LogP contribution is 2.18. The standard InChI is InChI=1S/C15H29NO2/c1-15(2,3)14(17)8-6-4-5-7-9-16-10-12-18-13-11-16/h4-13H2,1-3H3. The molecule has 0 atom stereocenters. The summed E-state index contributed by atoms with van der Waals surface area (Å²) in [5.74, 6) is 0.399. The molecule has 0 amide bonds. The summed E-state index contributed by atoms with van der Waals surface area (Å²) in [4.78, 5) is 14.2. The lowest BCUT2D eigenvalue weighted by atomic mass is 9.88. The van der Waals surface area contributed by atoms with Gasteiger partial charge in [-0.25, -0.2) is 0 Å². The summed E-state index contributed by atoms with van der Waals surface area (Å²) >= 11 is 0.